The van der Waals surface area contributed by atoms with Crippen molar-refractivity contribution in [3.63, 3.8) is 0 Å². The molecule has 1 atom stereocenters. The summed E-state index contributed by atoms with van der Waals surface area (Å²) in [4.78, 5) is 11.9. The fraction of sp³-hybridized carbons (Fsp3) is 0.462. The molecule has 3 nitrogen and oxygen atoms in total. The number of rotatable bonds is 5. The molecule has 0 saturated carbocycles. The van der Waals surface area contributed by atoms with Crippen molar-refractivity contribution < 1.29 is 9.90 Å². The molecule has 17 heavy (non-hydrogen) atoms. The van der Waals surface area contributed by atoms with Crippen LogP contribution < -0.4 is 5.32 Å². The second-order valence-corrected chi connectivity index (χ2v) is 4.96. The van der Waals surface area contributed by atoms with Crippen molar-refractivity contribution in [3.8, 4) is 5.75 Å². The third kappa shape index (κ3) is 4.04. The quantitative estimate of drug-likeness (QED) is 0.821. The molecule has 1 aromatic rings. The van der Waals surface area contributed by atoms with E-state index in [1.165, 1.54) is 0 Å². The molecule has 0 aliphatic heterocycles. The summed E-state index contributed by atoms with van der Waals surface area (Å²) in [7, 11) is 0. The zero-order valence-electron chi connectivity index (χ0n) is 10.2. The second-order valence-electron chi connectivity index (χ2n) is 4.40. The molecule has 4 heteroatoms. The fourth-order valence-electron chi connectivity index (χ4n) is 1.43. The lowest BCUT2D eigenvalue weighted by Crippen LogP contribution is -2.47. The average molecular weight is 300 g/mol. The highest BCUT2D eigenvalue weighted by molar-refractivity contribution is 9.09. The van der Waals surface area contributed by atoms with Crippen molar-refractivity contribution in [3.05, 3.63) is 29.8 Å². The number of alkyl halides is 1. The normalized spacial score (nSPS) is 14.1. The van der Waals surface area contributed by atoms with Crippen LogP contribution in [0, 0.1) is 0 Å². The van der Waals surface area contributed by atoms with Crippen LogP contribution in [0.3, 0.4) is 0 Å². The van der Waals surface area contributed by atoms with Gasteiger partial charge in [0.15, 0.2) is 0 Å². The number of amides is 1. The third-order valence-electron chi connectivity index (χ3n) is 2.86. The molecule has 0 aliphatic rings. The van der Waals surface area contributed by atoms with E-state index in [9.17, 15) is 9.90 Å². The maximum absolute atomic E-state index is 11.9. The number of benzene rings is 1. The van der Waals surface area contributed by atoms with Crippen molar-refractivity contribution >= 4 is 21.8 Å². The third-order valence-corrected chi connectivity index (χ3v) is 4.10. The summed E-state index contributed by atoms with van der Waals surface area (Å²) in [5.41, 5.74) is 0.416. The van der Waals surface area contributed by atoms with Gasteiger partial charge in [0.05, 0.1) is 6.42 Å². The number of phenolic OH excluding ortho intramolecular Hbond substituents is 1. The molecule has 1 aromatic carbocycles. The van der Waals surface area contributed by atoms with E-state index >= 15 is 0 Å². The molecule has 0 spiro atoms. The maximum Gasteiger partial charge on any atom is 0.225 e. The van der Waals surface area contributed by atoms with Gasteiger partial charge >= 0.3 is 0 Å². The van der Waals surface area contributed by atoms with Gasteiger partial charge in [0.1, 0.15) is 5.75 Å². The first-order valence-electron chi connectivity index (χ1n) is 5.64. The van der Waals surface area contributed by atoms with E-state index in [0.717, 1.165) is 6.42 Å². The topological polar surface area (TPSA) is 49.3 Å². The zero-order chi connectivity index (χ0) is 12.9. The summed E-state index contributed by atoms with van der Waals surface area (Å²) in [5.74, 6) is 0.0926. The minimum atomic E-state index is -0.235. The molecular formula is C13H18BrNO2. The highest BCUT2D eigenvalue weighted by Crippen LogP contribution is 2.17. The summed E-state index contributed by atoms with van der Waals surface area (Å²) < 4.78 is 0. The summed E-state index contributed by atoms with van der Waals surface area (Å²) >= 11 is 3.40. The van der Waals surface area contributed by atoms with Crippen molar-refractivity contribution in [1.29, 1.82) is 0 Å². The largest absolute Gasteiger partial charge is 0.508 e. The first kappa shape index (κ1) is 14.0. The van der Waals surface area contributed by atoms with Crippen LogP contribution in [0.2, 0.25) is 0 Å². The lowest BCUT2D eigenvalue weighted by Gasteiger charge is -2.27. The predicted octanol–water partition coefficient (Wildman–Crippen LogP) is 2.61. The van der Waals surface area contributed by atoms with Gasteiger partial charge in [0, 0.05) is 16.4 Å². The predicted molar refractivity (Wildman–Crippen MR) is 72.4 cm³/mol. The smallest absolute Gasteiger partial charge is 0.225 e. The molecule has 0 aromatic heterocycles. The molecule has 2 N–H and O–H groups in total. The van der Waals surface area contributed by atoms with E-state index < -0.39 is 0 Å². The molecular weight excluding hydrogens is 282 g/mol. The van der Waals surface area contributed by atoms with Crippen molar-refractivity contribution in [2.24, 2.45) is 0 Å². The van der Waals surface area contributed by atoms with Crippen LogP contribution in [0.1, 0.15) is 25.8 Å². The zero-order valence-corrected chi connectivity index (χ0v) is 11.8. The van der Waals surface area contributed by atoms with Gasteiger partial charge in [-0.1, -0.05) is 41.1 Å². The Kier molecular flexibility index (Phi) is 5.00. The monoisotopic (exact) mass is 299 g/mol. The fourth-order valence-corrected chi connectivity index (χ4v) is 1.97. The van der Waals surface area contributed by atoms with E-state index in [-0.39, 0.29) is 23.6 Å². The Hall–Kier alpha value is -1.03. The number of hydrogen-bond acceptors (Lipinski definition) is 2. The van der Waals surface area contributed by atoms with Crippen molar-refractivity contribution in [2.45, 2.75) is 32.2 Å². The van der Waals surface area contributed by atoms with E-state index in [1.807, 2.05) is 19.9 Å². The van der Waals surface area contributed by atoms with Crippen LogP contribution in [0.15, 0.2) is 24.3 Å². The molecule has 0 aliphatic carbocycles. The Morgan fingerprint density at radius 3 is 2.65 bits per heavy atom. The standard InChI is InChI=1S/C13H18BrNO2/c1-3-13(2,9-14)15-12(17)8-10-6-4-5-7-11(10)16/h4-7,16H,3,8-9H2,1-2H3,(H,15,17). The minimum Gasteiger partial charge on any atom is -0.508 e. The van der Waals surface area contributed by atoms with Gasteiger partial charge in [0.25, 0.3) is 0 Å². The second kappa shape index (κ2) is 6.05. The van der Waals surface area contributed by atoms with Gasteiger partial charge in [0.2, 0.25) is 5.91 Å². The van der Waals surface area contributed by atoms with Gasteiger partial charge in [-0.25, -0.2) is 0 Å². The number of carbonyl (C=O) groups is 1. The van der Waals surface area contributed by atoms with Gasteiger partial charge < -0.3 is 10.4 Å². The summed E-state index contributed by atoms with van der Waals surface area (Å²) in [6.45, 7) is 4.02. The molecule has 0 fully saturated rings. The summed E-state index contributed by atoms with van der Waals surface area (Å²) in [6, 6.07) is 6.90. The number of para-hydroxylation sites is 1. The Balaban J connectivity index is 2.65. The Bertz CT molecular complexity index is 389. The van der Waals surface area contributed by atoms with Crippen molar-refractivity contribution in [2.75, 3.05) is 5.33 Å². The SMILES string of the molecule is CCC(C)(CBr)NC(=O)Cc1ccccc1O. The molecule has 0 heterocycles. The maximum atomic E-state index is 11.9. The molecule has 1 unspecified atom stereocenters. The molecule has 1 rings (SSSR count). The van der Waals surface area contributed by atoms with Gasteiger partial charge in [-0.05, 0) is 19.4 Å². The number of halogens is 1. The number of phenols is 1. The Morgan fingerprint density at radius 2 is 2.12 bits per heavy atom. The van der Waals surface area contributed by atoms with Crippen LogP contribution >= 0.6 is 15.9 Å². The van der Waals surface area contributed by atoms with E-state index in [4.69, 9.17) is 0 Å². The highest BCUT2D eigenvalue weighted by Gasteiger charge is 2.22. The van der Waals surface area contributed by atoms with Crippen LogP contribution in [-0.2, 0) is 11.2 Å². The minimum absolute atomic E-state index is 0.0738. The lowest BCUT2D eigenvalue weighted by molar-refractivity contribution is -0.122. The summed E-state index contributed by atoms with van der Waals surface area (Å²) in [6.07, 6.45) is 1.06. The average Bonchev–Trinajstić information content (AvgIpc) is 2.32. The number of nitrogens with one attached hydrogen (secondary N) is 1. The van der Waals surface area contributed by atoms with Crippen LogP contribution in [-0.4, -0.2) is 21.9 Å². The Morgan fingerprint density at radius 1 is 1.47 bits per heavy atom. The lowest BCUT2D eigenvalue weighted by atomic mass is 10.0. The highest BCUT2D eigenvalue weighted by atomic mass is 79.9. The first-order valence-corrected chi connectivity index (χ1v) is 6.77. The molecule has 0 saturated heterocycles. The molecule has 0 bridgehead atoms. The summed E-state index contributed by atoms with van der Waals surface area (Å²) in [5, 5.41) is 13.3. The van der Waals surface area contributed by atoms with Crippen molar-refractivity contribution in [1.82, 2.24) is 5.32 Å². The van der Waals surface area contributed by atoms with E-state index in [1.54, 1.807) is 18.2 Å². The van der Waals surface area contributed by atoms with E-state index in [0.29, 0.717) is 10.9 Å². The van der Waals surface area contributed by atoms with Gasteiger partial charge in [-0.3, -0.25) is 4.79 Å². The molecule has 94 valence electrons. The van der Waals surface area contributed by atoms with Gasteiger partial charge in [-0.2, -0.15) is 0 Å². The molecule has 1 amide bonds. The van der Waals surface area contributed by atoms with Crippen LogP contribution in [0.5, 0.6) is 5.75 Å². The number of carbonyl (C=O) groups excluding carboxylic acids is 1. The first-order chi connectivity index (χ1) is 8.00. The Labute approximate surface area is 110 Å². The number of aromatic hydroxyl groups is 1. The van der Waals surface area contributed by atoms with Crippen LogP contribution in [0.25, 0.3) is 0 Å². The van der Waals surface area contributed by atoms with E-state index in [2.05, 4.69) is 21.2 Å². The molecule has 0 radical (unpaired) electrons. The van der Waals surface area contributed by atoms with Crippen LogP contribution in [0.4, 0.5) is 0 Å². The van der Waals surface area contributed by atoms with Gasteiger partial charge in [-0.15, -0.1) is 0 Å². The number of hydrogen-bond donors (Lipinski definition) is 2.